The number of anilines is 1. The van der Waals surface area contributed by atoms with E-state index in [1.165, 1.54) is 23.1 Å². The van der Waals surface area contributed by atoms with Gasteiger partial charge in [-0.1, -0.05) is 13.8 Å². The minimum Gasteiger partial charge on any atom is -0.367 e. The van der Waals surface area contributed by atoms with Crippen LogP contribution >= 0.6 is 11.3 Å². The second-order valence-electron chi connectivity index (χ2n) is 4.55. The number of thiophene rings is 1. The van der Waals surface area contributed by atoms with E-state index in [4.69, 9.17) is 0 Å². The van der Waals surface area contributed by atoms with E-state index in [9.17, 15) is 0 Å². The Morgan fingerprint density at radius 3 is 2.76 bits per heavy atom. The van der Waals surface area contributed by atoms with Crippen LogP contribution in [-0.2, 0) is 12.8 Å². The van der Waals surface area contributed by atoms with Gasteiger partial charge in [0.05, 0.1) is 5.39 Å². The van der Waals surface area contributed by atoms with Crippen molar-refractivity contribution < 1.29 is 0 Å². The molecular weight excluding hydrogens is 230 g/mol. The number of hydrogen-bond donors (Lipinski definition) is 1. The standard InChI is InChI=1S/C13H17N3S/c1-3-9-7-10-12(14-8-5-6-8)15-11(4-2)16-13(10)17-9/h7-8H,3-6H2,1-2H3,(H,14,15,16). The van der Waals surface area contributed by atoms with Crippen molar-refractivity contribution in [1.29, 1.82) is 0 Å². The summed E-state index contributed by atoms with van der Waals surface area (Å²) in [5, 5.41) is 4.73. The first-order valence-corrected chi connectivity index (χ1v) is 7.17. The lowest BCUT2D eigenvalue weighted by molar-refractivity contribution is 0.956. The van der Waals surface area contributed by atoms with Gasteiger partial charge in [-0.15, -0.1) is 11.3 Å². The molecule has 0 saturated heterocycles. The van der Waals surface area contributed by atoms with Gasteiger partial charge in [-0.2, -0.15) is 0 Å². The Kier molecular flexibility index (Phi) is 2.74. The van der Waals surface area contributed by atoms with Crippen molar-refractivity contribution in [3.8, 4) is 0 Å². The molecule has 2 aromatic heterocycles. The van der Waals surface area contributed by atoms with Crippen LogP contribution in [0.4, 0.5) is 5.82 Å². The highest BCUT2D eigenvalue weighted by atomic mass is 32.1. The SMILES string of the molecule is CCc1nc(NC2CC2)c2cc(CC)sc2n1. The molecule has 0 aromatic carbocycles. The van der Waals surface area contributed by atoms with Crippen LogP contribution in [0.15, 0.2) is 6.07 Å². The van der Waals surface area contributed by atoms with Gasteiger partial charge in [-0.05, 0) is 25.3 Å². The third-order valence-corrected chi connectivity index (χ3v) is 4.25. The number of nitrogens with one attached hydrogen (secondary N) is 1. The van der Waals surface area contributed by atoms with Gasteiger partial charge in [0.2, 0.25) is 0 Å². The predicted molar refractivity (Wildman–Crippen MR) is 72.8 cm³/mol. The monoisotopic (exact) mass is 247 g/mol. The number of fused-ring (bicyclic) bond motifs is 1. The first-order valence-electron chi connectivity index (χ1n) is 6.36. The fraction of sp³-hybridized carbons (Fsp3) is 0.538. The highest BCUT2D eigenvalue weighted by Gasteiger charge is 2.23. The Balaban J connectivity index is 2.10. The molecule has 0 spiro atoms. The largest absolute Gasteiger partial charge is 0.367 e. The number of nitrogens with zero attached hydrogens (tertiary/aromatic N) is 2. The van der Waals surface area contributed by atoms with Crippen LogP contribution < -0.4 is 5.32 Å². The van der Waals surface area contributed by atoms with E-state index < -0.39 is 0 Å². The quantitative estimate of drug-likeness (QED) is 0.900. The Labute approximate surface area is 105 Å². The van der Waals surface area contributed by atoms with Crippen LogP contribution in [0.25, 0.3) is 10.2 Å². The maximum atomic E-state index is 4.63. The van der Waals surface area contributed by atoms with E-state index in [0.717, 1.165) is 29.3 Å². The summed E-state index contributed by atoms with van der Waals surface area (Å²) in [5.41, 5.74) is 0. The zero-order chi connectivity index (χ0) is 11.8. The zero-order valence-corrected chi connectivity index (χ0v) is 11.1. The van der Waals surface area contributed by atoms with Crippen molar-refractivity contribution in [1.82, 2.24) is 9.97 Å². The van der Waals surface area contributed by atoms with Gasteiger partial charge in [-0.3, -0.25) is 0 Å². The third-order valence-electron chi connectivity index (χ3n) is 3.07. The maximum Gasteiger partial charge on any atom is 0.138 e. The minimum atomic E-state index is 0.641. The molecule has 0 bridgehead atoms. The van der Waals surface area contributed by atoms with E-state index in [0.29, 0.717) is 6.04 Å². The summed E-state index contributed by atoms with van der Waals surface area (Å²) in [6, 6.07) is 2.88. The lowest BCUT2D eigenvalue weighted by Crippen LogP contribution is -2.05. The lowest BCUT2D eigenvalue weighted by atomic mass is 10.3. The molecule has 1 aliphatic carbocycles. The fourth-order valence-corrected chi connectivity index (χ4v) is 2.86. The molecule has 90 valence electrons. The summed E-state index contributed by atoms with van der Waals surface area (Å²) in [4.78, 5) is 11.8. The average molecular weight is 247 g/mol. The summed E-state index contributed by atoms with van der Waals surface area (Å²) in [6.07, 6.45) is 4.52. The highest BCUT2D eigenvalue weighted by molar-refractivity contribution is 7.18. The van der Waals surface area contributed by atoms with Crippen molar-refractivity contribution in [2.24, 2.45) is 0 Å². The minimum absolute atomic E-state index is 0.641. The van der Waals surface area contributed by atoms with Crippen LogP contribution in [0.3, 0.4) is 0 Å². The highest BCUT2D eigenvalue weighted by Crippen LogP contribution is 2.32. The summed E-state index contributed by atoms with van der Waals surface area (Å²) in [7, 11) is 0. The summed E-state index contributed by atoms with van der Waals surface area (Å²) in [5.74, 6) is 2.00. The molecule has 1 aliphatic rings. The molecule has 2 heterocycles. The van der Waals surface area contributed by atoms with Crippen LogP contribution in [0.1, 0.15) is 37.4 Å². The number of aromatic nitrogens is 2. The number of aryl methyl sites for hydroxylation is 2. The smallest absolute Gasteiger partial charge is 0.138 e. The van der Waals surface area contributed by atoms with Crippen LogP contribution in [0, 0.1) is 0 Å². The van der Waals surface area contributed by atoms with Crippen LogP contribution in [0.5, 0.6) is 0 Å². The zero-order valence-electron chi connectivity index (χ0n) is 10.3. The molecule has 3 rings (SSSR count). The van der Waals surface area contributed by atoms with Gasteiger partial charge in [-0.25, -0.2) is 9.97 Å². The molecule has 0 atom stereocenters. The molecule has 4 heteroatoms. The van der Waals surface area contributed by atoms with Crippen molar-refractivity contribution in [2.45, 2.75) is 45.6 Å². The lowest BCUT2D eigenvalue weighted by Gasteiger charge is -2.06. The van der Waals surface area contributed by atoms with Crippen molar-refractivity contribution in [2.75, 3.05) is 5.32 Å². The molecule has 3 nitrogen and oxygen atoms in total. The Bertz CT molecular complexity index is 543. The van der Waals surface area contributed by atoms with E-state index >= 15 is 0 Å². The average Bonchev–Trinajstić information content (AvgIpc) is 3.05. The molecule has 17 heavy (non-hydrogen) atoms. The molecule has 1 fully saturated rings. The summed E-state index contributed by atoms with van der Waals surface area (Å²) < 4.78 is 0. The second kappa shape index (κ2) is 4.26. The molecule has 0 radical (unpaired) electrons. The van der Waals surface area contributed by atoms with E-state index in [-0.39, 0.29) is 0 Å². The molecule has 1 N–H and O–H groups in total. The summed E-state index contributed by atoms with van der Waals surface area (Å²) >= 11 is 1.80. The van der Waals surface area contributed by atoms with E-state index in [1.54, 1.807) is 11.3 Å². The molecule has 1 saturated carbocycles. The van der Waals surface area contributed by atoms with E-state index in [2.05, 4.69) is 35.2 Å². The van der Waals surface area contributed by atoms with Crippen molar-refractivity contribution in [3.63, 3.8) is 0 Å². The van der Waals surface area contributed by atoms with Gasteiger partial charge in [0, 0.05) is 17.3 Å². The normalized spacial score (nSPS) is 15.4. The van der Waals surface area contributed by atoms with Gasteiger partial charge in [0.25, 0.3) is 0 Å². The van der Waals surface area contributed by atoms with Gasteiger partial charge in [0.1, 0.15) is 16.5 Å². The number of rotatable bonds is 4. The molecular formula is C13H17N3S. The molecule has 0 amide bonds. The van der Waals surface area contributed by atoms with Gasteiger partial charge in [0.15, 0.2) is 0 Å². The summed E-state index contributed by atoms with van der Waals surface area (Å²) in [6.45, 7) is 4.29. The van der Waals surface area contributed by atoms with Crippen molar-refractivity contribution >= 4 is 27.4 Å². The number of hydrogen-bond acceptors (Lipinski definition) is 4. The van der Waals surface area contributed by atoms with Gasteiger partial charge >= 0.3 is 0 Å². The Morgan fingerprint density at radius 2 is 2.12 bits per heavy atom. The predicted octanol–water partition coefficient (Wildman–Crippen LogP) is 3.39. The Hall–Kier alpha value is -1.16. The molecule has 0 unspecified atom stereocenters. The topological polar surface area (TPSA) is 37.8 Å². The van der Waals surface area contributed by atoms with Crippen LogP contribution in [0.2, 0.25) is 0 Å². The second-order valence-corrected chi connectivity index (χ2v) is 5.66. The first-order chi connectivity index (χ1) is 8.30. The van der Waals surface area contributed by atoms with Gasteiger partial charge < -0.3 is 5.32 Å². The Morgan fingerprint density at radius 1 is 1.29 bits per heavy atom. The van der Waals surface area contributed by atoms with E-state index in [1.807, 2.05) is 0 Å². The third kappa shape index (κ3) is 2.14. The fourth-order valence-electron chi connectivity index (χ4n) is 1.88. The molecule has 2 aromatic rings. The van der Waals surface area contributed by atoms with Crippen LogP contribution in [-0.4, -0.2) is 16.0 Å². The maximum absolute atomic E-state index is 4.63. The molecule has 0 aliphatic heterocycles. The first kappa shape index (κ1) is 11.0. The van der Waals surface area contributed by atoms with Crippen molar-refractivity contribution in [3.05, 3.63) is 16.8 Å².